The summed E-state index contributed by atoms with van der Waals surface area (Å²) in [5.41, 5.74) is 1.44. The van der Waals surface area contributed by atoms with Gasteiger partial charge >= 0.3 is 0 Å². The number of hydrogen-bond acceptors (Lipinski definition) is 2. The molecular weight excluding hydrogens is 269 g/mol. The highest BCUT2D eigenvalue weighted by molar-refractivity contribution is 14.1. The second kappa shape index (κ2) is 3.01. The van der Waals surface area contributed by atoms with Crippen LogP contribution in [0, 0.1) is 9.94 Å². The van der Waals surface area contributed by atoms with Crippen molar-refractivity contribution in [2.45, 2.75) is 33.1 Å². The molecule has 0 aliphatic rings. The lowest BCUT2D eigenvalue weighted by atomic mass is 9.92. The summed E-state index contributed by atoms with van der Waals surface area (Å²) in [6.07, 6.45) is 0. The zero-order chi connectivity index (χ0) is 8.65. The maximum absolute atomic E-state index is 4.49. The molecule has 11 heavy (non-hydrogen) atoms. The maximum Gasteiger partial charge on any atom is 0.154 e. The minimum Gasteiger partial charge on any atom is -0.234 e. The Kier molecular flexibility index (Phi) is 2.59. The lowest BCUT2D eigenvalue weighted by Gasteiger charge is -2.15. The molecule has 1 nitrogen and oxygen atoms in total. The Morgan fingerprint density at radius 3 is 2.09 bits per heavy atom. The summed E-state index contributed by atoms with van der Waals surface area (Å²) >= 11 is 4.05. The lowest BCUT2D eigenvalue weighted by Crippen LogP contribution is -2.12. The van der Waals surface area contributed by atoms with Gasteiger partial charge < -0.3 is 0 Å². The summed E-state index contributed by atoms with van der Waals surface area (Å²) in [7, 11) is 0. The van der Waals surface area contributed by atoms with E-state index in [0.717, 1.165) is 3.01 Å². The van der Waals surface area contributed by atoms with Gasteiger partial charge in [0, 0.05) is 10.3 Å². The van der Waals surface area contributed by atoms with Crippen LogP contribution in [-0.2, 0) is 5.41 Å². The molecule has 0 spiro atoms. The molecule has 1 rings (SSSR count). The van der Waals surface area contributed by atoms with E-state index >= 15 is 0 Å². The van der Waals surface area contributed by atoms with Crippen LogP contribution in [0.4, 0.5) is 0 Å². The molecule has 62 valence electrons. The van der Waals surface area contributed by atoms with Gasteiger partial charge in [-0.1, -0.05) is 20.8 Å². The van der Waals surface area contributed by atoms with E-state index in [-0.39, 0.29) is 5.41 Å². The van der Waals surface area contributed by atoms with E-state index in [4.69, 9.17) is 0 Å². The number of aryl methyl sites for hydroxylation is 1. The van der Waals surface area contributed by atoms with Gasteiger partial charge in [0.15, 0.2) is 3.01 Å². The van der Waals surface area contributed by atoms with Crippen LogP contribution >= 0.6 is 33.9 Å². The van der Waals surface area contributed by atoms with Crippen molar-refractivity contribution in [2.24, 2.45) is 0 Å². The van der Waals surface area contributed by atoms with Crippen molar-refractivity contribution in [3.63, 3.8) is 0 Å². The third-order valence-electron chi connectivity index (χ3n) is 1.48. The minimum atomic E-state index is 0.198. The molecule has 0 radical (unpaired) electrons. The molecule has 1 aromatic heterocycles. The molecule has 0 saturated carbocycles. The molecule has 0 unspecified atom stereocenters. The van der Waals surface area contributed by atoms with Crippen molar-refractivity contribution >= 4 is 33.9 Å². The molecule has 1 aromatic rings. The Labute approximate surface area is 85.4 Å². The predicted octanol–water partition coefficient (Wildman–Crippen LogP) is 3.35. The number of nitrogens with zero attached hydrogens (tertiary/aromatic N) is 1. The topological polar surface area (TPSA) is 12.9 Å². The van der Waals surface area contributed by atoms with Gasteiger partial charge in [0.2, 0.25) is 0 Å². The van der Waals surface area contributed by atoms with E-state index in [1.54, 1.807) is 11.3 Å². The Balaban J connectivity index is 3.13. The summed E-state index contributed by atoms with van der Waals surface area (Å²) < 4.78 is 1.14. The van der Waals surface area contributed by atoms with E-state index in [1.807, 2.05) is 0 Å². The average molecular weight is 281 g/mol. The highest BCUT2D eigenvalue weighted by atomic mass is 127. The van der Waals surface area contributed by atoms with E-state index in [0.29, 0.717) is 0 Å². The molecule has 0 aliphatic carbocycles. The molecular formula is C8H12INS. The van der Waals surface area contributed by atoms with E-state index in [9.17, 15) is 0 Å². The second-order valence-electron chi connectivity index (χ2n) is 3.62. The summed E-state index contributed by atoms with van der Waals surface area (Å²) in [5.74, 6) is 0. The summed E-state index contributed by atoms with van der Waals surface area (Å²) in [5, 5.41) is 0. The summed E-state index contributed by atoms with van der Waals surface area (Å²) in [6, 6.07) is 0. The molecule has 1 heterocycles. The van der Waals surface area contributed by atoms with Crippen LogP contribution in [0.15, 0.2) is 0 Å². The first-order chi connectivity index (χ1) is 4.91. The number of hydrogen-bond donors (Lipinski definition) is 0. The van der Waals surface area contributed by atoms with Crippen LogP contribution in [0.1, 0.15) is 31.3 Å². The smallest absolute Gasteiger partial charge is 0.154 e. The Hall–Kier alpha value is 0.360. The van der Waals surface area contributed by atoms with Crippen molar-refractivity contribution in [3.05, 3.63) is 13.6 Å². The van der Waals surface area contributed by atoms with E-state index in [1.165, 1.54) is 10.6 Å². The number of halogens is 1. The summed E-state index contributed by atoms with van der Waals surface area (Å²) in [6.45, 7) is 8.74. The third kappa shape index (κ3) is 2.15. The second-order valence-corrected chi connectivity index (χ2v) is 6.58. The Bertz CT molecular complexity index is 260. The van der Waals surface area contributed by atoms with Crippen LogP contribution in [0.5, 0.6) is 0 Å². The van der Waals surface area contributed by atoms with Crippen molar-refractivity contribution < 1.29 is 0 Å². The highest BCUT2D eigenvalue weighted by Crippen LogP contribution is 2.29. The van der Waals surface area contributed by atoms with Crippen LogP contribution in [0.25, 0.3) is 0 Å². The Morgan fingerprint density at radius 1 is 1.36 bits per heavy atom. The molecule has 0 bridgehead atoms. The molecule has 0 amide bonds. The monoisotopic (exact) mass is 281 g/mol. The van der Waals surface area contributed by atoms with Crippen LogP contribution < -0.4 is 0 Å². The first-order valence-electron chi connectivity index (χ1n) is 3.54. The predicted molar refractivity (Wildman–Crippen MR) is 58.3 cm³/mol. The quantitative estimate of drug-likeness (QED) is 0.664. The number of aromatic nitrogens is 1. The minimum absolute atomic E-state index is 0.198. The van der Waals surface area contributed by atoms with Gasteiger partial charge in [-0.25, -0.2) is 4.98 Å². The lowest BCUT2D eigenvalue weighted by molar-refractivity contribution is 0.568. The fraction of sp³-hybridized carbons (Fsp3) is 0.625. The molecule has 0 saturated heterocycles. The SMILES string of the molecule is Cc1sc(I)nc1C(C)(C)C. The fourth-order valence-corrected chi connectivity index (χ4v) is 3.13. The fourth-order valence-electron chi connectivity index (χ4n) is 1.06. The molecule has 3 heteroatoms. The van der Waals surface area contributed by atoms with E-state index in [2.05, 4.69) is 55.3 Å². The van der Waals surface area contributed by atoms with Crippen LogP contribution in [0.2, 0.25) is 0 Å². The van der Waals surface area contributed by atoms with Gasteiger partial charge in [0.05, 0.1) is 5.69 Å². The third-order valence-corrected chi connectivity index (χ3v) is 3.14. The molecule has 0 N–H and O–H groups in total. The van der Waals surface area contributed by atoms with Crippen molar-refractivity contribution in [3.8, 4) is 0 Å². The van der Waals surface area contributed by atoms with Crippen molar-refractivity contribution in [1.29, 1.82) is 0 Å². The first kappa shape index (κ1) is 9.45. The summed E-state index contributed by atoms with van der Waals surface area (Å²) in [4.78, 5) is 5.84. The van der Waals surface area contributed by atoms with Gasteiger partial charge in [0.1, 0.15) is 0 Å². The number of thiazole rings is 1. The number of rotatable bonds is 0. The van der Waals surface area contributed by atoms with Gasteiger partial charge in [-0.05, 0) is 29.5 Å². The average Bonchev–Trinajstić information content (AvgIpc) is 2.08. The maximum atomic E-state index is 4.49. The largest absolute Gasteiger partial charge is 0.234 e. The standard InChI is InChI=1S/C8H12INS/c1-5-6(8(2,3)4)10-7(9)11-5/h1-4H3. The van der Waals surface area contributed by atoms with Crippen LogP contribution in [0.3, 0.4) is 0 Å². The molecule has 0 aromatic carbocycles. The Morgan fingerprint density at radius 2 is 1.91 bits per heavy atom. The zero-order valence-electron chi connectivity index (χ0n) is 7.23. The van der Waals surface area contributed by atoms with E-state index < -0.39 is 0 Å². The zero-order valence-corrected chi connectivity index (χ0v) is 10.2. The molecule has 0 fully saturated rings. The van der Waals surface area contributed by atoms with Gasteiger partial charge in [-0.3, -0.25) is 0 Å². The highest BCUT2D eigenvalue weighted by Gasteiger charge is 2.19. The van der Waals surface area contributed by atoms with Crippen molar-refractivity contribution in [2.75, 3.05) is 0 Å². The van der Waals surface area contributed by atoms with Gasteiger partial charge in [-0.15, -0.1) is 11.3 Å². The van der Waals surface area contributed by atoms with Gasteiger partial charge in [0.25, 0.3) is 0 Å². The normalized spacial score (nSPS) is 12.1. The molecule has 0 aliphatic heterocycles. The first-order valence-corrected chi connectivity index (χ1v) is 5.44. The molecule has 0 atom stereocenters. The van der Waals surface area contributed by atoms with Crippen molar-refractivity contribution in [1.82, 2.24) is 4.98 Å². The van der Waals surface area contributed by atoms with Crippen LogP contribution in [-0.4, -0.2) is 4.98 Å². The van der Waals surface area contributed by atoms with Gasteiger partial charge in [-0.2, -0.15) is 0 Å².